The summed E-state index contributed by atoms with van der Waals surface area (Å²) < 4.78 is 5.10. The summed E-state index contributed by atoms with van der Waals surface area (Å²) in [6, 6.07) is 7.57. The van der Waals surface area contributed by atoms with Gasteiger partial charge in [0, 0.05) is 45.8 Å². The highest BCUT2D eigenvalue weighted by molar-refractivity contribution is 6.10. The first-order chi connectivity index (χ1) is 16.9. The van der Waals surface area contributed by atoms with Gasteiger partial charge in [0.15, 0.2) is 0 Å². The van der Waals surface area contributed by atoms with E-state index < -0.39 is 5.41 Å². The number of nitrogens with zero attached hydrogens (tertiary/aromatic N) is 3. The van der Waals surface area contributed by atoms with Crippen molar-refractivity contribution in [3.05, 3.63) is 52.3 Å². The number of H-pyrrole nitrogens is 1. The van der Waals surface area contributed by atoms with Crippen molar-refractivity contribution in [3.8, 4) is 0 Å². The molecule has 1 N–H and O–H groups in total. The van der Waals surface area contributed by atoms with Crippen LogP contribution >= 0.6 is 0 Å². The molecule has 1 fully saturated rings. The number of ether oxygens (including phenoxy) is 1. The van der Waals surface area contributed by atoms with Crippen molar-refractivity contribution in [2.45, 2.75) is 70.3 Å². The van der Waals surface area contributed by atoms with Crippen LogP contribution in [0.25, 0.3) is 0 Å². The summed E-state index contributed by atoms with van der Waals surface area (Å²) >= 11 is 0. The molecule has 0 spiro atoms. The molecule has 4 rings (SSSR count). The van der Waals surface area contributed by atoms with E-state index in [0.29, 0.717) is 26.1 Å². The molecule has 8 heteroatoms. The first-order valence-corrected chi connectivity index (χ1v) is 12.6. The third-order valence-corrected chi connectivity index (χ3v) is 7.46. The van der Waals surface area contributed by atoms with Crippen molar-refractivity contribution < 1.29 is 19.1 Å². The van der Waals surface area contributed by atoms with Gasteiger partial charge in [-0.05, 0) is 55.7 Å². The standard InChI is InChI=1S/C27H36N4O4/c1-19-10-7-8-12-21(19)27(17-25(33)31(26(27)34)14-9-15-35-3)16-24(32)30(2)18-23-20-11-5-4-6-13-22(20)28-29-23/h7-8,10,12H,4-6,9,11,13-18H2,1-3H3,(H,28,29)/t27-/m1/s1. The number of carbonyl (C=O) groups excluding carboxylic acids is 3. The van der Waals surface area contributed by atoms with E-state index in [1.807, 2.05) is 31.2 Å². The highest BCUT2D eigenvalue weighted by Crippen LogP contribution is 2.42. The predicted molar refractivity (Wildman–Crippen MR) is 132 cm³/mol. The third kappa shape index (κ3) is 5.03. The zero-order valence-corrected chi connectivity index (χ0v) is 21.1. The Morgan fingerprint density at radius 3 is 2.74 bits per heavy atom. The normalized spacial score (nSPS) is 20.1. The van der Waals surface area contributed by atoms with E-state index in [1.165, 1.54) is 22.6 Å². The summed E-state index contributed by atoms with van der Waals surface area (Å²) in [6.45, 7) is 3.07. The summed E-state index contributed by atoms with van der Waals surface area (Å²) in [4.78, 5) is 43.3. The molecule has 188 valence electrons. The second-order valence-corrected chi connectivity index (χ2v) is 9.89. The SMILES string of the molecule is COCCCN1C(=O)C[C@](CC(=O)N(C)Cc2n[nH]c3c2CCCCC3)(c2ccccc2C)C1=O. The summed E-state index contributed by atoms with van der Waals surface area (Å²) in [5.41, 5.74) is 3.77. The summed E-state index contributed by atoms with van der Waals surface area (Å²) in [6.07, 6.45) is 5.96. The Balaban J connectivity index is 1.58. The zero-order valence-electron chi connectivity index (χ0n) is 21.1. The number of carbonyl (C=O) groups is 3. The van der Waals surface area contributed by atoms with Crippen LogP contribution in [0.3, 0.4) is 0 Å². The lowest BCUT2D eigenvalue weighted by molar-refractivity contribution is -0.142. The number of aryl methyl sites for hydroxylation is 2. The molecule has 2 aromatic rings. The molecule has 0 unspecified atom stereocenters. The Labute approximate surface area is 207 Å². The van der Waals surface area contributed by atoms with E-state index in [1.54, 1.807) is 19.1 Å². The molecule has 0 radical (unpaired) electrons. The summed E-state index contributed by atoms with van der Waals surface area (Å²) in [7, 11) is 3.35. The van der Waals surface area contributed by atoms with Crippen LogP contribution in [0, 0.1) is 6.92 Å². The quantitative estimate of drug-likeness (QED) is 0.338. The number of rotatable bonds is 9. The number of hydrogen-bond acceptors (Lipinski definition) is 5. The number of likely N-dealkylation sites (tertiary alicyclic amines) is 1. The van der Waals surface area contributed by atoms with Crippen molar-refractivity contribution >= 4 is 17.7 Å². The van der Waals surface area contributed by atoms with Gasteiger partial charge in [0.05, 0.1) is 17.7 Å². The van der Waals surface area contributed by atoms with Crippen LogP contribution in [-0.2, 0) is 43.9 Å². The molecular formula is C27H36N4O4. The topological polar surface area (TPSA) is 95.6 Å². The maximum absolute atomic E-state index is 13.8. The van der Waals surface area contributed by atoms with E-state index in [0.717, 1.165) is 42.5 Å². The minimum Gasteiger partial charge on any atom is -0.385 e. The summed E-state index contributed by atoms with van der Waals surface area (Å²) in [5.74, 6) is -0.691. The smallest absolute Gasteiger partial charge is 0.240 e. The van der Waals surface area contributed by atoms with E-state index in [-0.39, 0.29) is 30.6 Å². The minimum absolute atomic E-state index is 0.00104. The van der Waals surface area contributed by atoms with Gasteiger partial charge in [0.2, 0.25) is 17.7 Å². The minimum atomic E-state index is -1.19. The number of hydrogen-bond donors (Lipinski definition) is 1. The number of aromatic nitrogens is 2. The number of aromatic amines is 1. The monoisotopic (exact) mass is 480 g/mol. The van der Waals surface area contributed by atoms with Crippen molar-refractivity contribution in [1.82, 2.24) is 20.0 Å². The third-order valence-electron chi connectivity index (χ3n) is 7.46. The predicted octanol–water partition coefficient (Wildman–Crippen LogP) is 3.07. The number of methoxy groups -OCH3 is 1. The molecule has 1 aromatic carbocycles. The lowest BCUT2D eigenvalue weighted by atomic mass is 9.74. The Morgan fingerprint density at radius 2 is 1.97 bits per heavy atom. The Kier molecular flexibility index (Phi) is 7.69. The highest BCUT2D eigenvalue weighted by Gasteiger charge is 2.54. The average Bonchev–Trinajstić information content (AvgIpc) is 3.20. The molecule has 2 heterocycles. The van der Waals surface area contributed by atoms with Crippen LogP contribution in [-0.4, -0.2) is 65.0 Å². The van der Waals surface area contributed by atoms with Gasteiger partial charge in [-0.25, -0.2) is 0 Å². The maximum Gasteiger partial charge on any atom is 0.240 e. The van der Waals surface area contributed by atoms with Crippen molar-refractivity contribution in [2.75, 3.05) is 27.3 Å². The van der Waals surface area contributed by atoms with Gasteiger partial charge in [0.1, 0.15) is 0 Å². The van der Waals surface area contributed by atoms with E-state index >= 15 is 0 Å². The lowest BCUT2D eigenvalue weighted by Gasteiger charge is -2.30. The molecule has 1 atom stereocenters. The fourth-order valence-electron chi connectivity index (χ4n) is 5.51. The Morgan fingerprint density at radius 1 is 1.20 bits per heavy atom. The molecule has 1 saturated heterocycles. The van der Waals surface area contributed by atoms with Crippen LogP contribution in [0.4, 0.5) is 0 Å². The first kappa shape index (κ1) is 25.1. The fourth-order valence-corrected chi connectivity index (χ4v) is 5.51. The van der Waals surface area contributed by atoms with Gasteiger partial charge < -0.3 is 9.64 Å². The average molecular weight is 481 g/mol. The van der Waals surface area contributed by atoms with Crippen molar-refractivity contribution in [3.63, 3.8) is 0 Å². The Bertz CT molecular complexity index is 1090. The molecule has 1 aliphatic carbocycles. The van der Waals surface area contributed by atoms with E-state index in [9.17, 15) is 14.4 Å². The number of imide groups is 1. The number of fused-ring (bicyclic) bond motifs is 1. The van der Waals surface area contributed by atoms with Crippen molar-refractivity contribution in [2.24, 2.45) is 0 Å². The molecule has 35 heavy (non-hydrogen) atoms. The lowest BCUT2D eigenvalue weighted by Crippen LogP contribution is -2.43. The number of benzene rings is 1. The van der Waals surface area contributed by atoms with Crippen LogP contribution in [0.5, 0.6) is 0 Å². The van der Waals surface area contributed by atoms with Gasteiger partial charge in [-0.15, -0.1) is 0 Å². The second kappa shape index (κ2) is 10.7. The zero-order chi connectivity index (χ0) is 25.0. The molecule has 8 nitrogen and oxygen atoms in total. The molecule has 0 saturated carbocycles. The van der Waals surface area contributed by atoms with Crippen LogP contribution in [0.1, 0.15) is 66.6 Å². The molecule has 1 aromatic heterocycles. The van der Waals surface area contributed by atoms with Gasteiger partial charge in [-0.2, -0.15) is 5.10 Å². The molecule has 1 aliphatic heterocycles. The van der Waals surface area contributed by atoms with Crippen LogP contribution in [0.15, 0.2) is 24.3 Å². The molecule has 2 aliphatic rings. The Hall–Kier alpha value is -3.00. The molecule has 0 bridgehead atoms. The van der Waals surface area contributed by atoms with Crippen LogP contribution < -0.4 is 0 Å². The van der Waals surface area contributed by atoms with Gasteiger partial charge in [0.25, 0.3) is 0 Å². The van der Waals surface area contributed by atoms with E-state index in [2.05, 4.69) is 10.2 Å². The molecule has 3 amide bonds. The van der Waals surface area contributed by atoms with Crippen molar-refractivity contribution in [1.29, 1.82) is 0 Å². The first-order valence-electron chi connectivity index (χ1n) is 12.6. The van der Waals surface area contributed by atoms with Crippen LogP contribution in [0.2, 0.25) is 0 Å². The van der Waals surface area contributed by atoms with Gasteiger partial charge in [-0.1, -0.05) is 30.7 Å². The number of nitrogens with one attached hydrogen (secondary N) is 1. The maximum atomic E-state index is 13.8. The summed E-state index contributed by atoms with van der Waals surface area (Å²) in [5, 5.41) is 7.67. The highest BCUT2D eigenvalue weighted by atomic mass is 16.5. The largest absolute Gasteiger partial charge is 0.385 e. The van der Waals surface area contributed by atoms with Gasteiger partial charge >= 0.3 is 0 Å². The van der Waals surface area contributed by atoms with E-state index in [4.69, 9.17) is 4.74 Å². The second-order valence-electron chi connectivity index (χ2n) is 9.89. The van der Waals surface area contributed by atoms with Gasteiger partial charge in [-0.3, -0.25) is 24.4 Å². The number of amides is 3. The molecular weight excluding hydrogens is 444 g/mol. The fraction of sp³-hybridized carbons (Fsp3) is 0.556.